The van der Waals surface area contributed by atoms with Crippen molar-refractivity contribution in [3.8, 4) is 12.3 Å². The Hall–Kier alpha value is -0.520. The van der Waals surface area contributed by atoms with Crippen molar-refractivity contribution in [3.05, 3.63) is 0 Å². The maximum Gasteiger partial charge on any atom is 0.0786 e. The summed E-state index contributed by atoms with van der Waals surface area (Å²) in [4.78, 5) is 0. The van der Waals surface area contributed by atoms with Gasteiger partial charge >= 0.3 is 0 Å². The van der Waals surface area contributed by atoms with E-state index < -0.39 is 5.60 Å². The molecule has 0 spiro atoms. The monoisotopic (exact) mass is 179 g/mol. The van der Waals surface area contributed by atoms with Crippen LogP contribution in [0.4, 0.5) is 0 Å². The normalized spacial score (nSPS) is 44.0. The van der Waals surface area contributed by atoms with E-state index in [9.17, 15) is 5.11 Å². The van der Waals surface area contributed by atoms with Gasteiger partial charge in [0.15, 0.2) is 0 Å². The Kier molecular flexibility index (Phi) is 2.31. The maximum absolute atomic E-state index is 10.2. The molecule has 0 aromatic rings. The first kappa shape index (κ1) is 9.05. The molecule has 2 heteroatoms. The minimum atomic E-state index is -0.574. The summed E-state index contributed by atoms with van der Waals surface area (Å²) in [5, 5.41) is 13.7. The smallest absolute Gasteiger partial charge is 0.0786 e. The van der Waals surface area contributed by atoms with E-state index in [4.69, 9.17) is 6.42 Å². The fourth-order valence-electron chi connectivity index (χ4n) is 2.77. The quantitative estimate of drug-likeness (QED) is 0.590. The molecule has 0 aromatic heterocycles. The molecule has 0 aromatic carbocycles. The lowest BCUT2D eigenvalue weighted by Gasteiger charge is -2.44. The van der Waals surface area contributed by atoms with Crippen molar-refractivity contribution in [1.82, 2.24) is 5.32 Å². The zero-order valence-electron chi connectivity index (χ0n) is 7.92. The minimum Gasteiger partial charge on any atom is -0.389 e. The lowest BCUT2D eigenvalue weighted by atomic mass is 9.76. The van der Waals surface area contributed by atoms with Crippen molar-refractivity contribution in [2.75, 3.05) is 0 Å². The van der Waals surface area contributed by atoms with Crippen LogP contribution in [0.15, 0.2) is 0 Å². The van der Waals surface area contributed by atoms with Crippen molar-refractivity contribution in [1.29, 1.82) is 0 Å². The molecule has 0 saturated carbocycles. The SMILES string of the molecule is C#CCC1(O)CC2CCCC(C1)N2. The predicted octanol–water partition coefficient (Wildman–Crippen LogP) is 1.05. The van der Waals surface area contributed by atoms with Gasteiger partial charge in [-0.15, -0.1) is 12.3 Å². The Morgan fingerprint density at radius 2 is 2.00 bits per heavy atom. The van der Waals surface area contributed by atoms with E-state index in [1.807, 2.05) is 0 Å². The van der Waals surface area contributed by atoms with Crippen molar-refractivity contribution in [3.63, 3.8) is 0 Å². The van der Waals surface area contributed by atoms with E-state index >= 15 is 0 Å². The summed E-state index contributed by atoms with van der Waals surface area (Å²) < 4.78 is 0. The first-order chi connectivity index (χ1) is 6.22. The highest BCUT2D eigenvalue weighted by Gasteiger charge is 2.39. The molecular formula is C11H17NO. The second-order valence-corrected chi connectivity index (χ2v) is 4.50. The van der Waals surface area contributed by atoms with Crippen molar-refractivity contribution < 1.29 is 5.11 Å². The third-order valence-electron chi connectivity index (χ3n) is 3.26. The molecule has 2 aliphatic rings. The molecule has 13 heavy (non-hydrogen) atoms. The number of hydrogen-bond donors (Lipinski definition) is 2. The molecule has 2 bridgehead atoms. The summed E-state index contributed by atoms with van der Waals surface area (Å²) in [5.41, 5.74) is -0.574. The number of piperidine rings is 2. The lowest BCUT2D eigenvalue weighted by Crippen LogP contribution is -2.55. The molecule has 2 heterocycles. The Bertz CT molecular complexity index is 219. The number of aliphatic hydroxyl groups is 1. The molecular weight excluding hydrogens is 162 g/mol. The maximum atomic E-state index is 10.2. The molecule has 0 amide bonds. The summed E-state index contributed by atoms with van der Waals surface area (Å²) in [5.74, 6) is 2.59. The van der Waals surface area contributed by atoms with E-state index in [1.165, 1.54) is 19.3 Å². The van der Waals surface area contributed by atoms with E-state index in [2.05, 4.69) is 11.2 Å². The van der Waals surface area contributed by atoms with Gasteiger partial charge in [0.1, 0.15) is 0 Å². The van der Waals surface area contributed by atoms with Gasteiger partial charge in [0.25, 0.3) is 0 Å². The van der Waals surface area contributed by atoms with Crippen LogP contribution in [0.25, 0.3) is 0 Å². The van der Waals surface area contributed by atoms with Gasteiger partial charge in [-0.3, -0.25) is 0 Å². The Morgan fingerprint density at radius 3 is 2.54 bits per heavy atom. The average Bonchev–Trinajstić information content (AvgIpc) is 2.02. The van der Waals surface area contributed by atoms with Gasteiger partial charge < -0.3 is 10.4 Å². The zero-order valence-corrected chi connectivity index (χ0v) is 7.92. The van der Waals surface area contributed by atoms with Gasteiger partial charge in [-0.1, -0.05) is 6.42 Å². The van der Waals surface area contributed by atoms with Crippen LogP contribution in [0.2, 0.25) is 0 Å². The Morgan fingerprint density at radius 1 is 1.38 bits per heavy atom. The highest BCUT2D eigenvalue weighted by molar-refractivity contribution is 5.03. The van der Waals surface area contributed by atoms with Crippen molar-refractivity contribution in [2.45, 2.75) is 56.2 Å². The number of hydrogen-bond acceptors (Lipinski definition) is 2. The van der Waals surface area contributed by atoms with E-state index in [0.717, 1.165) is 12.8 Å². The van der Waals surface area contributed by atoms with Gasteiger partial charge in [-0.05, 0) is 25.7 Å². The van der Waals surface area contributed by atoms with Crippen LogP contribution in [0.5, 0.6) is 0 Å². The third kappa shape index (κ3) is 1.87. The summed E-state index contributed by atoms with van der Waals surface area (Å²) in [6, 6.07) is 1.01. The Labute approximate surface area is 79.7 Å². The molecule has 2 atom stereocenters. The van der Waals surface area contributed by atoms with Crippen LogP contribution in [-0.2, 0) is 0 Å². The topological polar surface area (TPSA) is 32.3 Å². The minimum absolute atomic E-state index is 0.505. The predicted molar refractivity (Wildman–Crippen MR) is 52.2 cm³/mol. The largest absolute Gasteiger partial charge is 0.389 e. The van der Waals surface area contributed by atoms with Gasteiger partial charge in [0.05, 0.1) is 5.60 Å². The molecule has 2 rings (SSSR count). The highest BCUT2D eigenvalue weighted by Crippen LogP contribution is 2.34. The Balaban J connectivity index is 2.05. The van der Waals surface area contributed by atoms with Crippen LogP contribution >= 0.6 is 0 Å². The van der Waals surface area contributed by atoms with Crippen LogP contribution in [0.3, 0.4) is 0 Å². The summed E-state index contributed by atoms with van der Waals surface area (Å²) in [7, 11) is 0. The molecule has 0 radical (unpaired) electrons. The summed E-state index contributed by atoms with van der Waals surface area (Å²) in [6.45, 7) is 0. The standard InChI is InChI=1S/C11H17NO/c1-2-6-11(13)7-9-4-3-5-10(8-11)12-9/h1,9-10,12-13H,3-8H2. The molecule has 2 fully saturated rings. The fraction of sp³-hybridized carbons (Fsp3) is 0.818. The van der Waals surface area contributed by atoms with Crippen molar-refractivity contribution in [2.24, 2.45) is 0 Å². The van der Waals surface area contributed by atoms with Crippen LogP contribution in [0.1, 0.15) is 38.5 Å². The third-order valence-corrected chi connectivity index (χ3v) is 3.26. The summed E-state index contributed by atoms with van der Waals surface area (Å²) >= 11 is 0. The van der Waals surface area contributed by atoms with Gasteiger partial charge in [0, 0.05) is 18.5 Å². The van der Waals surface area contributed by atoms with Crippen molar-refractivity contribution >= 4 is 0 Å². The number of rotatable bonds is 1. The molecule has 2 N–H and O–H groups in total. The zero-order chi connectivity index (χ0) is 9.31. The van der Waals surface area contributed by atoms with Gasteiger partial charge in [0.2, 0.25) is 0 Å². The second kappa shape index (κ2) is 3.32. The first-order valence-electron chi connectivity index (χ1n) is 5.14. The average molecular weight is 179 g/mol. The van der Waals surface area contributed by atoms with Gasteiger partial charge in [-0.25, -0.2) is 0 Å². The van der Waals surface area contributed by atoms with Crippen LogP contribution < -0.4 is 5.32 Å². The number of fused-ring (bicyclic) bond motifs is 2. The molecule has 2 saturated heterocycles. The lowest BCUT2D eigenvalue weighted by molar-refractivity contribution is -0.0265. The molecule has 72 valence electrons. The summed E-state index contributed by atoms with van der Waals surface area (Å²) in [6.07, 6.45) is 11.2. The molecule has 0 aliphatic carbocycles. The van der Waals surface area contributed by atoms with E-state index in [1.54, 1.807) is 0 Å². The number of nitrogens with one attached hydrogen (secondary N) is 1. The van der Waals surface area contributed by atoms with E-state index in [-0.39, 0.29) is 0 Å². The molecule has 2 aliphatic heterocycles. The second-order valence-electron chi connectivity index (χ2n) is 4.50. The molecule has 2 unspecified atom stereocenters. The molecule has 2 nitrogen and oxygen atoms in total. The number of terminal acetylenes is 1. The van der Waals surface area contributed by atoms with E-state index in [0.29, 0.717) is 18.5 Å². The first-order valence-corrected chi connectivity index (χ1v) is 5.14. The highest BCUT2D eigenvalue weighted by atomic mass is 16.3. The van der Waals surface area contributed by atoms with Crippen LogP contribution in [-0.4, -0.2) is 22.8 Å². The fourth-order valence-corrected chi connectivity index (χ4v) is 2.77. The van der Waals surface area contributed by atoms with Gasteiger partial charge in [-0.2, -0.15) is 0 Å². The van der Waals surface area contributed by atoms with Crippen LogP contribution in [0, 0.1) is 12.3 Å².